The molecule has 0 fully saturated rings. The number of nitriles is 1. The first-order valence-electron chi connectivity index (χ1n) is 8.12. The Labute approximate surface area is 146 Å². The number of pyridine rings is 1. The van der Waals surface area contributed by atoms with Crippen molar-refractivity contribution in [2.24, 2.45) is 0 Å². The molecule has 0 aliphatic carbocycles. The van der Waals surface area contributed by atoms with Crippen molar-refractivity contribution in [2.45, 2.75) is 13.5 Å². The van der Waals surface area contributed by atoms with Gasteiger partial charge in [-0.25, -0.2) is 9.97 Å². The summed E-state index contributed by atoms with van der Waals surface area (Å²) in [6, 6.07) is 22.0. The van der Waals surface area contributed by atoms with E-state index in [0.29, 0.717) is 12.1 Å². The van der Waals surface area contributed by atoms with Gasteiger partial charge in [-0.1, -0.05) is 42.5 Å². The lowest BCUT2D eigenvalue weighted by Gasteiger charge is -2.09. The van der Waals surface area contributed by atoms with Crippen LogP contribution in [0.3, 0.4) is 0 Å². The zero-order chi connectivity index (χ0) is 17.2. The summed E-state index contributed by atoms with van der Waals surface area (Å²) in [6.45, 7) is 2.64. The maximum atomic E-state index is 9.14. The van der Waals surface area contributed by atoms with Gasteiger partial charge < -0.3 is 4.57 Å². The SMILES string of the molecule is Cc1cnc2c(c1)nc(-c1ccccc1)n2Cc1cccc(C#N)c1. The number of benzene rings is 2. The van der Waals surface area contributed by atoms with Gasteiger partial charge in [0.1, 0.15) is 11.3 Å². The van der Waals surface area contributed by atoms with Crippen LogP contribution >= 0.6 is 0 Å². The van der Waals surface area contributed by atoms with Crippen molar-refractivity contribution in [3.8, 4) is 17.5 Å². The summed E-state index contributed by atoms with van der Waals surface area (Å²) in [7, 11) is 0. The average molecular weight is 324 g/mol. The highest BCUT2D eigenvalue weighted by atomic mass is 15.1. The van der Waals surface area contributed by atoms with Gasteiger partial charge in [0.2, 0.25) is 0 Å². The van der Waals surface area contributed by atoms with Crippen molar-refractivity contribution in [2.75, 3.05) is 0 Å². The normalized spacial score (nSPS) is 10.7. The molecular weight excluding hydrogens is 308 g/mol. The van der Waals surface area contributed by atoms with Crippen LogP contribution in [0.25, 0.3) is 22.6 Å². The molecule has 25 heavy (non-hydrogen) atoms. The van der Waals surface area contributed by atoms with E-state index in [-0.39, 0.29) is 0 Å². The number of hydrogen-bond donors (Lipinski definition) is 0. The minimum Gasteiger partial charge on any atom is -0.304 e. The van der Waals surface area contributed by atoms with Crippen LogP contribution in [-0.2, 0) is 6.54 Å². The molecule has 0 unspecified atom stereocenters. The highest BCUT2D eigenvalue weighted by molar-refractivity contribution is 5.77. The predicted molar refractivity (Wildman–Crippen MR) is 98.0 cm³/mol. The van der Waals surface area contributed by atoms with E-state index in [1.54, 1.807) is 0 Å². The molecule has 4 nitrogen and oxygen atoms in total. The zero-order valence-electron chi connectivity index (χ0n) is 13.8. The molecule has 0 N–H and O–H groups in total. The Morgan fingerprint density at radius 3 is 2.68 bits per heavy atom. The molecule has 2 aromatic heterocycles. The van der Waals surface area contributed by atoms with Crippen molar-refractivity contribution < 1.29 is 0 Å². The summed E-state index contributed by atoms with van der Waals surface area (Å²) >= 11 is 0. The van der Waals surface area contributed by atoms with E-state index < -0.39 is 0 Å². The third-order valence-electron chi connectivity index (χ3n) is 4.15. The summed E-state index contributed by atoms with van der Waals surface area (Å²) in [5.74, 6) is 0.885. The van der Waals surface area contributed by atoms with Crippen LogP contribution in [0, 0.1) is 18.3 Å². The van der Waals surface area contributed by atoms with Crippen LogP contribution in [0.1, 0.15) is 16.7 Å². The first kappa shape index (κ1) is 15.1. The molecule has 0 amide bonds. The van der Waals surface area contributed by atoms with Crippen LogP contribution in [0.4, 0.5) is 0 Å². The Morgan fingerprint density at radius 1 is 1.04 bits per heavy atom. The molecular formula is C21H16N4. The molecule has 0 bridgehead atoms. The van der Waals surface area contributed by atoms with Crippen LogP contribution < -0.4 is 0 Å². The summed E-state index contributed by atoms with van der Waals surface area (Å²) in [6.07, 6.45) is 1.86. The van der Waals surface area contributed by atoms with E-state index in [4.69, 9.17) is 10.2 Å². The number of nitrogens with zero attached hydrogens (tertiary/aromatic N) is 4. The standard InChI is InChI=1S/C21H16N4/c1-15-10-19-21(23-13-15)25(14-17-7-5-6-16(11-17)12-22)20(24-19)18-8-3-2-4-9-18/h2-11,13H,14H2,1H3. The third-order valence-corrected chi connectivity index (χ3v) is 4.15. The molecule has 0 atom stereocenters. The molecule has 2 heterocycles. The van der Waals surface area contributed by atoms with E-state index in [1.165, 1.54) is 0 Å². The highest BCUT2D eigenvalue weighted by Crippen LogP contribution is 2.25. The fraction of sp³-hybridized carbons (Fsp3) is 0.0952. The van der Waals surface area contributed by atoms with Gasteiger partial charge in [0.15, 0.2) is 5.65 Å². The van der Waals surface area contributed by atoms with Crippen LogP contribution in [-0.4, -0.2) is 14.5 Å². The second-order valence-corrected chi connectivity index (χ2v) is 6.06. The first-order valence-corrected chi connectivity index (χ1v) is 8.12. The fourth-order valence-corrected chi connectivity index (χ4v) is 2.99. The van der Waals surface area contributed by atoms with Gasteiger partial charge >= 0.3 is 0 Å². The molecule has 0 radical (unpaired) electrons. The van der Waals surface area contributed by atoms with E-state index in [1.807, 2.05) is 55.6 Å². The molecule has 0 saturated heterocycles. The summed E-state index contributed by atoms with van der Waals surface area (Å²) in [5.41, 5.74) is 5.59. The Bertz CT molecular complexity index is 1090. The maximum Gasteiger partial charge on any atom is 0.160 e. The molecule has 2 aromatic carbocycles. The Kier molecular flexibility index (Phi) is 3.75. The molecule has 4 heteroatoms. The summed E-state index contributed by atoms with van der Waals surface area (Å²) in [5, 5.41) is 9.14. The number of fused-ring (bicyclic) bond motifs is 1. The van der Waals surface area contributed by atoms with Gasteiger partial charge in [0.25, 0.3) is 0 Å². The number of rotatable bonds is 3. The topological polar surface area (TPSA) is 54.5 Å². The fourth-order valence-electron chi connectivity index (χ4n) is 2.99. The Morgan fingerprint density at radius 2 is 1.88 bits per heavy atom. The van der Waals surface area contributed by atoms with E-state index in [9.17, 15) is 0 Å². The van der Waals surface area contributed by atoms with Gasteiger partial charge in [0.05, 0.1) is 18.2 Å². The second-order valence-electron chi connectivity index (χ2n) is 6.06. The first-order chi connectivity index (χ1) is 12.2. The number of aryl methyl sites for hydroxylation is 1. The third kappa shape index (κ3) is 2.88. The number of hydrogen-bond acceptors (Lipinski definition) is 3. The lowest BCUT2D eigenvalue weighted by atomic mass is 10.1. The van der Waals surface area contributed by atoms with Gasteiger partial charge in [-0.05, 0) is 36.2 Å². The minimum atomic E-state index is 0.617. The monoisotopic (exact) mass is 324 g/mol. The van der Waals surface area contributed by atoms with Crippen LogP contribution in [0.5, 0.6) is 0 Å². The van der Waals surface area contributed by atoms with Gasteiger partial charge in [-0.15, -0.1) is 0 Å². The highest BCUT2D eigenvalue weighted by Gasteiger charge is 2.14. The number of imidazole rings is 1. The smallest absolute Gasteiger partial charge is 0.160 e. The molecule has 0 spiro atoms. The predicted octanol–water partition coefficient (Wildman–Crippen LogP) is 4.33. The lowest BCUT2D eigenvalue weighted by Crippen LogP contribution is -2.03. The molecule has 4 aromatic rings. The largest absolute Gasteiger partial charge is 0.304 e. The van der Waals surface area contributed by atoms with E-state index in [2.05, 4.69) is 33.8 Å². The van der Waals surface area contributed by atoms with Gasteiger partial charge in [-0.3, -0.25) is 0 Å². The van der Waals surface area contributed by atoms with Gasteiger partial charge in [0, 0.05) is 11.8 Å². The van der Waals surface area contributed by atoms with Crippen molar-refractivity contribution in [1.82, 2.24) is 14.5 Å². The van der Waals surface area contributed by atoms with Crippen molar-refractivity contribution in [3.63, 3.8) is 0 Å². The Hall–Kier alpha value is -3.45. The second kappa shape index (κ2) is 6.21. The summed E-state index contributed by atoms with van der Waals surface area (Å²) in [4.78, 5) is 9.42. The molecule has 4 rings (SSSR count). The van der Waals surface area contributed by atoms with Crippen LogP contribution in [0.15, 0.2) is 66.9 Å². The van der Waals surface area contributed by atoms with Gasteiger partial charge in [-0.2, -0.15) is 5.26 Å². The van der Waals surface area contributed by atoms with E-state index in [0.717, 1.165) is 33.7 Å². The van der Waals surface area contributed by atoms with Crippen molar-refractivity contribution in [3.05, 3.63) is 83.6 Å². The minimum absolute atomic E-state index is 0.617. The molecule has 120 valence electrons. The molecule has 0 saturated carbocycles. The van der Waals surface area contributed by atoms with Crippen LogP contribution in [0.2, 0.25) is 0 Å². The van der Waals surface area contributed by atoms with Crippen molar-refractivity contribution >= 4 is 11.2 Å². The summed E-state index contributed by atoms with van der Waals surface area (Å²) < 4.78 is 2.11. The van der Waals surface area contributed by atoms with E-state index >= 15 is 0 Å². The molecule has 0 aliphatic heterocycles. The maximum absolute atomic E-state index is 9.14. The quantitative estimate of drug-likeness (QED) is 0.564. The zero-order valence-corrected chi connectivity index (χ0v) is 13.8. The lowest BCUT2D eigenvalue weighted by molar-refractivity contribution is 0.823. The van der Waals surface area contributed by atoms with Crippen molar-refractivity contribution in [1.29, 1.82) is 5.26 Å². The average Bonchev–Trinajstić information content (AvgIpc) is 3.00. The molecule has 0 aliphatic rings. The Balaban J connectivity index is 1.90. The number of aromatic nitrogens is 3.